The Kier molecular flexibility index (Phi) is 3.08. The molecule has 0 aliphatic heterocycles. The van der Waals surface area contributed by atoms with Crippen molar-refractivity contribution in [2.24, 2.45) is 0 Å². The van der Waals surface area contributed by atoms with Crippen LogP contribution in [0.15, 0.2) is 30.6 Å². The van der Waals surface area contributed by atoms with E-state index in [2.05, 4.69) is 10.1 Å². The fourth-order valence-corrected chi connectivity index (χ4v) is 1.42. The number of hydrogen-bond donors (Lipinski definition) is 1. The number of aliphatic hydroxyl groups excluding tert-OH is 1. The van der Waals surface area contributed by atoms with Crippen molar-refractivity contribution in [1.29, 1.82) is 0 Å². The van der Waals surface area contributed by atoms with Crippen molar-refractivity contribution in [2.75, 3.05) is 0 Å². The van der Waals surface area contributed by atoms with E-state index in [1.54, 1.807) is 13.0 Å². The largest absolute Gasteiger partial charge is 0.435 e. The van der Waals surface area contributed by atoms with Gasteiger partial charge in [0.05, 0.1) is 6.10 Å². The quantitative estimate of drug-likeness (QED) is 0.898. The number of aliphatic hydroxyl groups is 1. The SMILES string of the molecule is C[C@H](O)c1ccnc(-n2ccc(C(F)(F)F)n2)c1. The average molecular weight is 257 g/mol. The maximum absolute atomic E-state index is 12.4. The molecule has 1 atom stereocenters. The van der Waals surface area contributed by atoms with Gasteiger partial charge in [-0.05, 0) is 30.7 Å². The van der Waals surface area contributed by atoms with Gasteiger partial charge >= 0.3 is 6.18 Å². The Labute approximate surface area is 101 Å². The predicted molar refractivity (Wildman–Crippen MR) is 57.0 cm³/mol. The molecule has 0 aliphatic carbocycles. The normalized spacial score (nSPS) is 13.6. The minimum atomic E-state index is -4.48. The first kappa shape index (κ1) is 12.6. The van der Waals surface area contributed by atoms with Crippen LogP contribution in [0.2, 0.25) is 0 Å². The summed E-state index contributed by atoms with van der Waals surface area (Å²) in [5, 5.41) is 12.8. The number of aromatic nitrogens is 3. The van der Waals surface area contributed by atoms with Crippen LogP contribution in [0.1, 0.15) is 24.3 Å². The molecule has 0 fully saturated rings. The number of alkyl halides is 3. The third kappa shape index (κ3) is 2.51. The van der Waals surface area contributed by atoms with Crippen molar-refractivity contribution in [3.8, 4) is 5.82 Å². The molecule has 7 heteroatoms. The molecule has 0 amide bonds. The van der Waals surface area contributed by atoms with Crippen molar-refractivity contribution in [1.82, 2.24) is 14.8 Å². The minimum Gasteiger partial charge on any atom is -0.389 e. The van der Waals surface area contributed by atoms with Gasteiger partial charge in [0.25, 0.3) is 0 Å². The van der Waals surface area contributed by atoms with Gasteiger partial charge in [0.15, 0.2) is 11.5 Å². The lowest BCUT2D eigenvalue weighted by Crippen LogP contribution is -2.08. The molecule has 2 heterocycles. The van der Waals surface area contributed by atoms with Crippen LogP contribution in [0.4, 0.5) is 13.2 Å². The molecule has 4 nitrogen and oxygen atoms in total. The Hall–Kier alpha value is -1.89. The molecule has 0 bridgehead atoms. The van der Waals surface area contributed by atoms with Gasteiger partial charge in [0.2, 0.25) is 0 Å². The standard InChI is InChI=1S/C11H10F3N3O/c1-7(18)8-2-4-15-10(6-8)17-5-3-9(16-17)11(12,13)14/h2-7,18H,1H3/t7-/m0/s1. The van der Waals surface area contributed by atoms with E-state index < -0.39 is 18.0 Å². The van der Waals surface area contributed by atoms with Crippen molar-refractivity contribution < 1.29 is 18.3 Å². The number of halogens is 3. The maximum atomic E-state index is 12.4. The van der Waals surface area contributed by atoms with E-state index in [1.165, 1.54) is 18.5 Å². The molecule has 0 aromatic carbocycles. The number of pyridine rings is 1. The molecule has 2 rings (SSSR count). The average Bonchev–Trinajstić information content (AvgIpc) is 2.78. The van der Waals surface area contributed by atoms with Gasteiger partial charge in [0, 0.05) is 12.4 Å². The second kappa shape index (κ2) is 4.41. The smallest absolute Gasteiger partial charge is 0.389 e. The molecule has 1 N–H and O–H groups in total. The zero-order valence-corrected chi connectivity index (χ0v) is 9.39. The van der Waals surface area contributed by atoms with E-state index in [-0.39, 0.29) is 5.82 Å². The van der Waals surface area contributed by atoms with Crippen LogP contribution in [-0.2, 0) is 6.18 Å². The summed E-state index contributed by atoms with van der Waals surface area (Å²) in [4.78, 5) is 3.91. The lowest BCUT2D eigenvalue weighted by atomic mass is 10.2. The van der Waals surface area contributed by atoms with Crippen LogP contribution < -0.4 is 0 Å². The molecule has 18 heavy (non-hydrogen) atoms. The van der Waals surface area contributed by atoms with Gasteiger partial charge in [-0.1, -0.05) is 0 Å². The Bertz CT molecular complexity index is 548. The summed E-state index contributed by atoms with van der Waals surface area (Å²) in [5.74, 6) is 0.226. The molecular weight excluding hydrogens is 247 g/mol. The molecular formula is C11H10F3N3O. The van der Waals surface area contributed by atoms with E-state index in [1.807, 2.05) is 0 Å². The van der Waals surface area contributed by atoms with Gasteiger partial charge in [-0.2, -0.15) is 18.3 Å². The van der Waals surface area contributed by atoms with Crippen molar-refractivity contribution in [3.63, 3.8) is 0 Å². The molecule has 2 aromatic rings. The van der Waals surface area contributed by atoms with Gasteiger partial charge < -0.3 is 5.11 Å². The number of hydrogen-bond acceptors (Lipinski definition) is 3. The Morgan fingerprint density at radius 2 is 2.06 bits per heavy atom. The molecule has 0 saturated heterocycles. The highest BCUT2D eigenvalue weighted by Gasteiger charge is 2.33. The Morgan fingerprint density at radius 1 is 1.33 bits per heavy atom. The summed E-state index contributed by atoms with van der Waals surface area (Å²) >= 11 is 0. The minimum absolute atomic E-state index is 0.226. The topological polar surface area (TPSA) is 50.9 Å². The highest BCUT2D eigenvalue weighted by Crippen LogP contribution is 2.27. The van der Waals surface area contributed by atoms with E-state index in [4.69, 9.17) is 0 Å². The van der Waals surface area contributed by atoms with Gasteiger partial charge in [-0.15, -0.1) is 0 Å². The van der Waals surface area contributed by atoms with Crippen LogP contribution >= 0.6 is 0 Å². The van der Waals surface area contributed by atoms with Crippen molar-refractivity contribution in [3.05, 3.63) is 41.9 Å². The zero-order valence-electron chi connectivity index (χ0n) is 9.39. The first-order chi connectivity index (χ1) is 8.38. The summed E-state index contributed by atoms with van der Waals surface area (Å²) < 4.78 is 38.2. The summed E-state index contributed by atoms with van der Waals surface area (Å²) in [6.07, 6.45) is -2.61. The molecule has 0 radical (unpaired) electrons. The predicted octanol–water partition coefficient (Wildman–Crippen LogP) is 2.34. The van der Waals surface area contributed by atoms with Crippen LogP contribution in [-0.4, -0.2) is 19.9 Å². The summed E-state index contributed by atoms with van der Waals surface area (Å²) in [7, 11) is 0. The third-order valence-electron chi connectivity index (χ3n) is 2.37. The van der Waals surface area contributed by atoms with Crippen molar-refractivity contribution in [2.45, 2.75) is 19.2 Å². The first-order valence-electron chi connectivity index (χ1n) is 5.15. The van der Waals surface area contributed by atoms with E-state index in [0.717, 1.165) is 10.7 Å². The van der Waals surface area contributed by atoms with E-state index in [0.29, 0.717) is 5.56 Å². The number of nitrogens with zero attached hydrogens (tertiary/aromatic N) is 3. The summed E-state index contributed by atoms with van der Waals surface area (Å²) in [5.41, 5.74) is -0.421. The lowest BCUT2D eigenvalue weighted by molar-refractivity contribution is -0.141. The fraction of sp³-hybridized carbons (Fsp3) is 0.273. The van der Waals surface area contributed by atoms with Gasteiger partial charge in [-0.3, -0.25) is 0 Å². The molecule has 0 spiro atoms. The Balaban J connectivity index is 2.37. The van der Waals surface area contributed by atoms with Gasteiger partial charge in [-0.25, -0.2) is 9.67 Å². The maximum Gasteiger partial charge on any atom is 0.435 e. The molecule has 0 saturated carbocycles. The molecule has 0 aliphatic rings. The monoisotopic (exact) mass is 257 g/mol. The van der Waals surface area contributed by atoms with Crippen LogP contribution in [0, 0.1) is 0 Å². The van der Waals surface area contributed by atoms with Crippen LogP contribution in [0.3, 0.4) is 0 Å². The molecule has 2 aromatic heterocycles. The lowest BCUT2D eigenvalue weighted by Gasteiger charge is -2.06. The highest BCUT2D eigenvalue weighted by molar-refractivity contribution is 5.28. The second-order valence-corrected chi connectivity index (χ2v) is 3.77. The summed E-state index contributed by atoms with van der Waals surface area (Å²) in [6.45, 7) is 1.56. The first-order valence-corrected chi connectivity index (χ1v) is 5.15. The zero-order chi connectivity index (χ0) is 13.3. The van der Waals surface area contributed by atoms with Gasteiger partial charge in [0.1, 0.15) is 0 Å². The second-order valence-electron chi connectivity index (χ2n) is 3.77. The van der Waals surface area contributed by atoms with E-state index in [9.17, 15) is 18.3 Å². The Morgan fingerprint density at radius 3 is 2.61 bits per heavy atom. The van der Waals surface area contributed by atoms with Crippen LogP contribution in [0.25, 0.3) is 5.82 Å². The summed E-state index contributed by atoms with van der Waals surface area (Å²) in [6, 6.07) is 3.94. The van der Waals surface area contributed by atoms with Crippen LogP contribution in [0.5, 0.6) is 0 Å². The fourth-order valence-electron chi connectivity index (χ4n) is 1.42. The molecule has 0 unspecified atom stereocenters. The number of rotatable bonds is 2. The third-order valence-corrected chi connectivity index (χ3v) is 2.37. The van der Waals surface area contributed by atoms with Crippen molar-refractivity contribution >= 4 is 0 Å². The molecule has 96 valence electrons. The van der Waals surface area contributed by atoms with E-state index >= 15 is 0 Å². The highest BCUT2D eigenvalue weighted by atomic mass is 19.4.